The number of aromatic nitrogens is 3. The molecule has 1 unspecified atom stereocenters. The molecule has 2 aromatic carbocycles. The van der Waals surface area contributed by atoms with E-state index in [1.54, 1.807) is 31.3 Å². The van der Waals surface area contributed by atoms with E-state index in [4.69, 9.17) is 16.0 Å². The number of hydrogen-bond acceptors (Lipinski definition) is 4. The van der Waals surface area contributed by atoms with Gasteiger partial charge in [0.1, 0.15) is 24.2 Å². The van der Waals surface area contributed by atoms with Crippen LogP contribution in [0.3, 0.4) is 0 Å². The maximum atomic E-state index is 13.6. The molecule has 35 heavy (non-hydrogen) atoms. The first-order chi connectivity index (χ1) is 16.9. The number of hydrogen-bond donors (Lipinski definition) is 1. The Labute approximate surface area is 203 Å². The Morgan fingerprint density at radius 3 is 2.46 bits per heavy atom. The van der Waals surface area contributed by atoms with Crippen molar-refractivity contribution in [2.45, 2.75) is 12.7 Å². The van der Waals surface area contributed by atoms with Gasteiger partial charge in [-0.15, -0.1) is 0 Å². The van der Waals surface area contributed by atoms with E-state index >= 15 is 0 Å². The quantitative estimate of drug-likeness (QED) is 0.389. The molecule has 9 heteroatoms. The molecule has 0 saturated heterocycles. The maximum Gasteiger partial charge on any atom is 0.331 e. The van der Waals surface area contributed by atoms with Crippen molar-refractivity contribution in [1.29, 1.82) is 0 Å². The molecule has 3 aromatic heterocycles. The predicted octanol–water partition coefficient (Wildman–Crippen LogP) is 4.93. The zero-order valence-corrected chi connectivity index (χ0v) is 19.6. The maximum absolute atomic E-state index is 13.6. The van der Waals surface area contributed by atoms with Crippen LogP contribution < -0.4 is 16.6 Å². The minimum Gasteiger partial charge on any atom is -0.461 e. The highest BCUT2D eigenvalue weighted by atomic mass is 35.5. The molecule has 6 rings (SSSR count). The van der Waals surface area contributed by atoms with Crippen molar-refractivity contribution in [3.05, 3.63) is 104 Å². The molecule has 0 aliphatic carbocycles. The second-order valence-corrected chi connectivity index (χ2v) is 8.97. The summed E-state index contributed by atoms with van der Waals surface area (Å²) in [6, 6.07) is 17.6. The van der Waals surface area contributed by atoms with E-state index in [0.29, 0.717) is 33.1 Å². The lowest BCUT2D eigenvalue weighted by atomic mass is 10.1. The van der Waals surface area contributed by atoms with Crippen molar-refractivity contribution in [1.82, 2.24) is 13.7 Å². The van der Waals surface area contributed by atoms with Gasteiger partial charge in [0.25, 0.3) is 5.56 Å². The van der Waals surface area contributed by atoms with Gasteiger partial charge in [-0.1, -0.05) is 35.9 Å². The van der Waals surface area contributed by atoms with Gasteiger partial charge in [-0.2, -0.15) is 0 Å². The van der Waals surface area contributed by atoms with Crippen molar-refractivity contribution in [2.24, 2.45) is 14.1 Å². The molecule has 0 spiro atoms. The number of anilines is 1. The highest BCUT2D eigenvalue weighted by molar-refractivity contribution is 6.30. The van der Waals surface area contributed by atoms with E-state index < -0.39 is 24.0 Å². The Balaban J connectivity index is 1.84. The van der Waals surface area contributed by atoms with Crippen LogP contribution in [0.1, 0.15) is 23.3 Å². The van der Waals surface area contributed by atoms with Crippen molar-refractivity contribution in [3.8, 4) is 16.9 Å². The van der Waals surface area contributed by atoms with E-state index in [-0.39, 0.29) is 5.76 Å². The monoisotopic (exact) mass is 490 g/mol. The number of benzene rings is 2. The molecule has 0 bridgehead atoms. The van der Waals surface area contributed by atoms with Crippen LogP contribution in [0, 0.1) is 0 Å². The molecule has 0 radical (unpaired) electrons. The Morgan fingerprint density at radius 2 is 1.74 bits per heavy atom. The third-order valence-corrected chi connectivity index (χ3v) is 6.80. The summed E-state index contributed by atoms with van der Waals surface area (Å²) in [6.45, 7) is -0.736. The molecule has 7 nitrogen and oxygen atoms in total. The molecule has 1 N–H and O–H groups in total. The number of alkyl halides is 1. The van der Waals surface area contributed by atoms with Crippen molar-refractivity contribution < 1.29 is 8.81 Å². The predicted molar refractivity (Wildman–Crippen MR) is 133 cm³/mol. The minimum atomic E-state index is -0.736. The van der Waals surface area contributed by atoms with Gasteiger partial charge in [0.05, 0.1) is 33.7 Å². The average molecular weight is 491 g/mol. The SMILES string of the molecule is Cn1c(=O)c2c(-c3ccc(Cl)cc3)n3c(c2n(C)c1=O)C(c1ccc(CF)o1)Nc1ccccc1-3. The number of para-hydroxylation sites is 2. The van der Waals surface area contributed by atoms with Crippen LogP contribution in [0.4, 0.5) is 10.1 Å². The zero-order valence-electron chi connectivity index (χ0n) is 18.9. The lowest BCUT2D eigenvalue weighted by Gasteiger charge is -2.29. The van der Waals surface area contributed by atoms with Crippen LogP contribution in [0.15, 0.2) is 74.7 Å². The molecule has 4 heterocycles. The number of halogens is 2. The molecule has 5 aromatic rings. The van der Waals surface area contributed by atoms with Crippen molar-refractivity contribution in [2.75, 3.05) is 5.32 Å². The zero-order chi connectivity index (χ0) is 24.4. The molecule has 1 atom stereocenters. The number of rotatable bonds is 3. The summed E-state index contributed by atoms with van der Waals surface area (Å²) in [7, 11) is 3.11. The fourth-order valence-corrected chi connectivity index (χ4v) is 5.06. The number of aryl methyl sites for hydroxylation is 1. The summed E-state index contributed by atoms with van der Waals surface area (Å²) in [6.07, 6.45) is 0. The van der Waals surface area contributed by atoms with Crippen molar-refractivity contribution in [3.63, 3.8) is 0 Å². The van der Waals surface area contributed by atoms with Gasteiger partial charge < -0.3 is 14.3 Å². The largest absolute Gasteiger partial charge is 0.461 e. The summed E-state index contributed by atoms with van der Waals surface area (Å²) >= 11 is 6.17. The van der Waals surface area contributed by atoms with E-state index in [9.17, 15) is 14.0 Å². The van der Waals surface area contributed by atoms with Crippen LogP contribution >= 0.6 is 11.6 Å². The van der Waals surface area contributed by atoms with Gasteiger partial charge in [0.15, 0.2) is 0 Å². The normalized spacial score (nSPS) is 14.6. The van der Waals surface area contributed by atoms with Crippen LogP contribution in [0.5, 0.6) is 0 Å². The second-order valence-electron chi connectivity index (χ2n) is 8.54. The summed E-state index contributed by atoms with van der Waals surface area (Å²) in [5.41, 5.74) is 3.30. The average Bonchev–Trinajstić information content (AvgIpc) is 3.50. The topological polar surface area (TPSA) is 74.1 Å². The number of nitrogens with one attached hydrogen (secondary N) is 1. The summed E-state index contributed by atoms with van der Waals surface area (Å²) in [5.74, 6) is 0.675. The Morgan fingerprint density at radius 1 is 1.00 bits per heavy atom. The molecular weight excluding hydrogens is 471 g/mol. The van der Waals surface area contributed by atoms with E-state index in [1.807, 2.05) is 41.0 Å². The van der Waals surface area contributed by atoms with E-state index in [2.05, 4.69) is 5.32 Å². The highest BCUT2D eigenvalue weighted by Crippen LogP contribution is 2.45. The molecular formula is C26H20ClFN4O3. The first-order valence-electron chi connectivity index (χ1n) is 11.0. The fourth-order valence-electron chi connectivity index (χ4n) is 4.93. The molecule has 0 saturated carbocycles. The Hall–Kier alpha value is -4.04. The van der Waals surface area contributed by atoms with Gasteiger partial charge >= 0.3 is 5.69 Å². The first kappa shape index (κ1) is 21.5. The minimum absolute atomic E-state index is 0.200. The van der Waals surface area contributed by atoms with Gasteiger partial charge in [-0.25, -0.2) is 9.18 Å². The highest BCUT2D eigenvalue weighted by Gasteiger charge is 2.36. The van der Waals surface area contributed by atoms with Crippen LogP contribution in [0.25, 0.3) is 27.8 Å². The van der Waals surface area contributed by atoms with Crippen LogP contribution in [-0.4, -0.2) is 13.7 Å². The molecule has 0 amide bonds. The lowest BCUT2D eigenvalue weighted by Crippen LogP contribution is -2.37. The van der Waals surface area contributed by atoms with E-state index in [1.165, 1.54) is 11.6 Å². The summed E-state index contributed by atoms with van der Waals surface area (Å²) in [4.78, 5) is 26.6. The molecule has 0 fully saturated rings. The number of nitrogens with zero attached hydrogens (tertiary/aromatic N) is 3. The smallest absolute Gasteiger partial charge is 0.331 e. The fraction of sp³-hybridized carbons (Fsp3) is 0.154. The molecule has 1 aliphatic heterocycles. The second kappa shape index (κ2) is 7.74. The number of fused-ring (bicyclic) bond motifs is 5. The summed E-state index contributed by atoms with van der Waals surface area (Å²) < 4.78 is 23.7. The third-order valence-electron chi connectivity index (χ3n) is 6.54. The van der Waals surface area contributed by atoms with E-state index in [0.717, 1.165) is 21.5 Å². The summed E-state index contributed by atoms with van der Waals surface area (Å²) in [5, 5.41) is 4.44. The van der Waals surface area contributed by atoms with Crippen molar-refractivity contribution >= 4 is 28.2 Å². The molecule has 1 aliphatic rings. The van der Waals surface area contributed by atoms with Gasteiger partial charge in [-0.05, 0) is 42.0 Å². The van der Waals surface area contributed by atoms with Crippen LogP contribution in [0.2, 0.25) is 5.02 Å². The Kier molecular flexibility index (Phi) is 4.76. The first-order valence-corrected chi connectivity index (χ1v) is 11.4. The van der Waals surface area contributed by atoms with Gasteiger partial charge in [-0.3, -0.25) is 13.9 Å². The Bertz CT molecular complexity index is 1740. The van der Waals surface area contributed by atoms with Gasteiger partial charge in [0, 0.05) is 19.1 Å². The lowest BCUT2D eigenvalue weighted by molar-refractivity contribution is 0.373. The van der Waals surface area contributed by atoms with Crippen LogP contribution in [-0.2, 0) is 20.8 Å². The third kappa shape index (κ3) is 3.03. The number of furan rings is 1. The van der Waals surface area contributed by atoms with Gasteiger partial charge in [0.2, 0.25) is 0 Å². The standard InChI is InChI=1S/C26H20ClFN4O3/c1-30-23-20(25(33)31(2)26(30)34)22(14-7-9-15(27)10-8-14)32-18-6-4-3-5-17(18)29-21(24(23)32)19-12-11-16(13-28)35-19/h3-12,21,29H,13H2,1-2H3. The molecule has 176 valence electrons.